The van der Waals surface area contributed by atoms with Gasteiger partial charge in [-0.25, -0.2) is 0 Å². The van der Waals surface area contributed by atoms with Crippen molar-refractivity contribution in [3.05, 3.63) is 38.5 Å². The average molecular weight is 247 g/mol. The second-order valence-electron chi connectivity index (χ2n) is 4.73. The minimum absolute atomic E-state index is 0.186. The molecular weight excluding hydrogens is 230 g/mol. The van der Waals surface area contributed by atoms with Crippen LogP contribution in [-0.2, 0) is 4.74 Å². The molecule has 1 saturated heterocycles. The van der Waals surface area contributed by atoms with E-state index in [1.807, 2.05) is 33.8 Å². The molecule has 1 fully saturated rings. The van der Waals surface area contributed by atoms with Gasteiger partial charge in [0.15, 0.2) is 0 Å². The molecule has 1 heterocycles. The zero-order valence-electron chi connectivity index (χ0n) is 11.1. The van der Waals surface area contributed by atoms with Crippen LogP contribution in [0.4, 0.5) is 0 Å². The monoisotopic (exact) mass is 247 g/mol. The van der Waals surface area contributed by atoms with Gasteiger partial charge in [0.1, 0.15) is 24.0 Å². The smallest absolute Gasteiger partial charge is 0.337 e. The van der Waals surface area contributed by atoms with Gasteiger partial charge in [0.2, 0.25) is 0 Å². The van der Waals surface area contributed by atoms with Gasteiger partial charge in [0.05, 0.1) is 6.10 Å². The lowest BCUT2D eigenvalue weighted by molar-refractivity contribution is 0.258. The predicted molar refractivity (Wildman–Crippen MR) is 70.2 cm³/mol. The van der Waals surface area contributed by atoms with E-state index < -0.39 is 0 Å². The highest BCUT2D eigenvalue weighted by Gasteiger charge is 2.35. The van der Waals surface area contributed by atoms with E-state index in [0.29, 0.717) is 6.61 Å². The SMILES string of the molecule is Cc1cc(C)c(OCC2OC2C)c(C)c1C#[N+][O-]. The zero-order chi connectivity index (χ0) is 13.3. The van der Waals surface area contributed by atoms with Crippen molar-refractivity contribution in [2.75, 3.05) is 6.61 Å². The molecule has 1 aromatic rings. The third kappa shape index (κ3) is 2.41. The van der Waals surface area contributed by atoms with E-state index in [0.717, 1.165) is 28.0 Å². The van der Waals surface area contributed by atoms with Crippen LogP contribution in [0.1, 0.15) is 29.2 Å². The third-order valence-corrected chi connectivity index (χ3v) is 3.29. The number of ether oxygens (including phenoxy) is 2. The molecule has 0 aromatic heterocycles. The summed E-state index contributed by atoms with van der Waals surface area (Å²) in [4.78, 5) is 0. The summed E-state index contributed by atoms with van der Waals surface area (Å²) in [7, 11) is 0. The first-order valence-corrected chi connectivity index (χ1v) is 6.02. The predicted octanol–water partition coefficient (Wildman–Crippen LogP) is 2.96. The van der Waals surface area contributed by atoms with Gasteiger partial charge in [-0.15, -0.1) is 0 Å². The molecule has 96 valence electrons. The van der Waals surface area contributed by atoms with Gasteiger partial charge in [-0.3, -0.25) is 0 Å². The third-order valence-electron chi connectivity index (χ3n) is 3.29. The fourth-order valence-corrected chi connectivity index (χ4v) is 2.18. The maximum Gasteiger partial charge on any atom is 0.337 e. The zero-order valence-corrected chi connectivity index (χ0v) is 11.1. The first kappa shape index (κ1) is 12.7. The van der Waals surface area contributed by atoms with E-state index in [2.05, 4.69) is 11.1 Å². The van der Waals surface area contributed by atoms with Gasteiger partial charge < -0.3 is 14.7 Å². The van der Waals surface area contributed by atoms with Crippen molar-refractivity contribution >= 4 is 0 Å². The standard InChI is InChI=1S/C14H17NO3/c1-8-5-9(2)14(10(3)12(8)6-15-16)17-7-13-11(4)18-13/h5,11,13H,7H2,1-4H3. The van der Waals surface area contributed by atoms with Crippen molar-refractivity contribution < 1.29 is 9.47 Å². The number of epoxide rings is 1. The molecule has 1 aliphatic heterocycles. The Hall–Kier alpha value is -1.73. The minimum atomic E-state index is 0.186. The highest BCUT2D eigenvalue weighted by molar-refractivity contribution is 5.55. The van der Waals surface area contributed by atoms with Crippen molar-refractivity contribution in [3.8, 4) is 11.8 Å². The molecule has 0 spiro atoms. The van der Waals surface area contributed by atoms with Gasteiger partial charge in [-0.2, -0.15) is 0 Å². The number of rotatable bonds is 3. The van der Waals surface area contributed by atoms with Crippen molar-refractivity contribution in [3.63, 3.8) is 0 Å². The quantitative estimate of drug-likeness (QED) is 0.609. The first-order chi connectivity index (χ1) is 8.54. The van der Waals surface area contributed by atoms with Crippen molar-refractivity contribution in [2.24, 2.45) is 0 Å². The highest BCUT2D eigenvalue weighted by Crippen LogP contribution is 2.30. The van der Waals surface area contributed by atoms with Crippen molar-refractivity contribution in [1.82, 2.24) is 0 Å². The molecule has 0 saturated carbocycles. The van der Waals surface area contributed by atoms with Crippen LogP contribution in [0.15, 0.2) is 6.07 Å². The van der Waals surface area contributed by atoms with Crippen molar-refractivity contribution in [2.45, 2.75) is 39.9 Å². The topological polar surface area (TPSA) is 49.2 Å². The molecule has 4 nitrogen and oxygen atoms in total. The molecule has 0 aliphatic carbocycles. The maximum atomic E-state index is 10.4. The summed E-state index contributed by atoms with van der Waals surface area (Å²) in [6, 6.07) is 4.46. The Kier molecular flexibility index (Phi) is 3.44. The first-order valence-electron chi connectivity index (χ1n) is 6.02. The lowest BCUT2D eigenvalue weighted by Crippen LogP contribution is -2.09. The molecule has 0 radical (unpaired) electrons. The number of nitrogens with zero attached hydrogens (tertiary/aromatic N) is 1. The Morgan fingerprint density at radius 2 is 2.06 bits per heavy atom. The lowest BCUT2D eigenvalue weighted by atomic mass is 9.99. The second kappa shape index (κ2) is 4.87. The lowest BCUT2D eigenvalue weighted by Gasteiger charge is -2.13. The molecule has 18 heavy (non-hydrogen) atoms. The molecule has 0 N–H and O–H groups in total. The van der Waals surface area contributed by atoms with Crippen LogP contribution in [0, 0.1) is 32.0 Å². The summed E-state index contributed by atoms with van der Waals surface area (Å²) in [6.07, 6.45) is 0.469. The van der Waals surface area contributed by atoms with E-state index in [1.54, 1.807) is 0 Å². The van der Waals surface area contributed by atoms with Crippen LogP contribution >= 0.6 is 0 Å². The summed E-state index contributed by atoms with van der Waals surface area (Å²) in [5, 5.41) is 13.1. The summed E-state index contributed by atoms with van der Waals surface area (Å²) >= 11 is 0. The maximum absolute atomic E-state index is 10.4. The fraction of sp³-hybridized carbons (Fsp3) is 0.500. The average Bonchev–Trinajstić information content (AvgIpc) is 3.00. The van der Waals surface area contributed by atoms with Crippen LogP contribution in [-0.4, -0.2) is 18.8 Å². The van der Waals surface area contributed by atoms with E-state index in [4.69, 9.17) is 9.47 Å². The molecule has 4 heteroatoms. The van der Waals surface area contributed by atoms with E-state index in [-0.39, 0.29) is 12.2 Å². The highest BCUT2D eigenvalue weighted by atomic mass is 16.6. The Balaban J connectivity index is 2.26. The van der Waals surface area contributed by atoms with Gasteiger partial charge in [0, 0.05) is 10.6 Å². The van der Waals surface area contributed by atoms with Gasteiger partial charge in [-0.05, 0) is 38.8 Å². The Morgan fingerprint density at radius 3 is 2.61 bits per heavy atom. The van der Waals surface area contributed by atoms with Crippen LogP contribution in [0.3, 0.4) is 0 Å². The molecule has 1 aromatic carbocycles. The number of hydrogen-bond acceptors (Lipinski definition) is 3. The summed E-state index contributed by atoms with van der Waals surface area (Å²) < 4.78 is 11.1. The van der Waals surface area contributed by atoms with Crippen LogP contribution in [0.5, 0.6) is 5.75 Å². The number of aryl methyl sites for hydroxylation is 2. The van der Waals surface area contributed by atoms with Crippen LogP contribution in [0.25, 0.3) is 5.01 Å². The molecule has 0 amide bonds. The molecule has 2 atom stereocenters. The van der Waals surface area contributed by atoms with E-state index in [9.17, 15) is 5.21 Å². The number of hydrogen-bond donors (Lipinski definition) is 0. The van der Waals surface area contributed by atoms with Crippen LogP contribution < -0.4 is 4.74 Å². The summed E-state index contributed by atoms with van der Waals surface area (Å²) in [6.45, 7) is 8.40. The second-order valence-corrected chi connectivity index (χ2v) is 4.73. The van der Waals surface area contributed by atoms with E-state index in [1.165, 1.54) is 0 Å². The summed E-state index contributed by atoms with van der Waals surface area (Å²) in [5.41, 5.74) is 3.65. The molecule has 2 unspecified atom stereocenters. The van der Waals surface area contributed by atoms with Gasteiger partial charge in [0.25, 0.3) is 0 Å². The molecular formula is C14H17NO3. The normalized spacial score (nSPS) is 21.1. The van der Waals surface area contributed by atoms with E-state index >= 15 is 0 Å². The van der Waals surface area contributed by atoms with Crippen molar-refractivity contribution in [1.29, 1.82) is 0 Å². The largest absolute Gasteiger partial charge is 0.498 e. The molecule has 2 rings (SSSR count). The summed E-state index contributed by atoms with van der Waals surface area (Å²) in [5.74, 6) is 0.800. The Morgan fingerprint density at radius 1 is 1.39 bits per heavy atom. The van der Waals surface area contributed by atoms with Crippen LogP contribution in [0.2, 0.25) is 0 Å². The van der Waals surface area contributed by atoms with Gasteiger partial charge >= 0.3 is 6.07 Å². The van der Waals surface area contributed by atoms with Gasteiger partial charge in [-0.1, -0.05) is 6.07 Å². The Bertz CT molecular complexity index is 528. The fourth-order valence-electron chi connectivity index (χ4n) is 2.18. The minimum Gasteiger partial charge on any atom is -0.498 e. The number of benzene rings is 1. The molecule has 1 aliphatic rings. The Labute approximate surface area is 107 Å². The molecule has 0 bridgehead atoms.